The molecule has 1 aromatic heterocycles. The molecule has 1 heterocycles. The van der Waals surface area contributed by atoms with Gasteiger partial charge in [-0.05, 0) is 35.7 Å². The van der Waals surface area contributed by atoms with Gasteiger partial charge >= 0.3 is 0 Å². The van der Waals surface area contributed by atoms with Crippen LogP contribution in [0.25, 0.3) is 0 Å². The molecule has 0 fully saturated rings. The Morgan fingerprint density at radius 3 is 2.57 bits per heavy atom. The topological polar surface area (TPSA) is 41.4 Å². The fourth-order valence-corrected chi connectivity index (χ4v) is 2.23. The van der Waals surface area contributed by atoms with Crippen LogP contribution in [-0.4, -0.2) is 30.7 Å². The molecule has 124 valence electrons. The monoisotopic (exact) mass is 320 g/mol. The molecule has 0 bridgehead atoms. The number of nitrogens with zero attached hydrogens (tertiary/aromatic N) is 2. The molecular weight excluding hydrogens is 298 g/mol. The second kappa shape index (κ2) is 8.31. The van der Waals surface area contributed by atoms with Gasteiger partial charge in [0.25, 0.3) is 0 Å². The second-order valence-electron chi connectivity index (χ2n) is 5.38. The van der Waals surface area contributed by atoms with E-state index in [1.54, 1.807) is 13.1 Å². The zero-order valence-electron chi connectivity index (χ0n) is 13.4. The van der Waals surface area contributed by atoms with Crippen molar-refractivity contribution in [3.63, 3.8) is 0 Å². The van der Waals surface area contributed by atoms with Gasteiger partial charge in [-0.25, -0.2) is 8.78 Å². The lowest BCUT2D eigenvalue weighted by atomic mass is 10.0. The molecule has 0 saturated carbocycles. The van der Waals surface area contributed by atoms with Gasteiger partial charge in [0.2, 0.25) is 0 Å². The fourth-order valence-electron chi connectivity index (χ4n) is 2.23. The molecule has 1 atom stereocenters. The highest BCUT2D eigenvalue weighted by Gasteiger charge is 2.10. The Morgan fingerprint density at radius 1 is 1.17 bits per heavy atom. The van der Waals surface area contributed by atoms with Crippen LogP contribution in [-0.2, 0) is 6.54 Å². The predicted molar refractivity (Wildman–Crippen MR) is 88.6 cm³/mol. The Morgan fingerprint density at radius 2 is 1.91 bits per heavy atom. The van der Waals surface area contributed by atoms with Gasteiger partial charge in [-0.3, -0.25) is 4.99 Å². The molecule has 0 saturated heterocycles. The molecule has 0 aliphatic carbocycles. The summed E-state index contributed by atoms with van der Waals surface area (Å²) in [7, 11) is 1.70. The number of aliphatic imine (C=N–C) groups is 1. The molecule has 0 spiro atoms. The first kappa shape index (κ1) is 17.0. The third kappa shape index (κ3) is 5.09. The minimum Gasteiger partial charge on any atom is -0.356 e. The summed E-state index contributed by atoms with van der Waals surface area (Å²) in [5.41, 5.74) is 0.749. The highest BCUT2D eigenvalue weighted by molar-refractivity contribution is 5.79. The van der Waals surface area contributed by atoms with E-state index in [0.29, 0.717) is 12.5 Å². The summed E-state index contributed by atoms with van der Waals surface area (Å²) in [6.07, 6.45) is 4.01. The SMILES string of the molecule is CN=C(NCCn1cccc1)NCC(C)c1ccc(F)c(F)c1. The summed E-state index contributed by atoms with van der Waals surface area (Å²) in [4.78, 5) is 4.16. The number of hydrogen-bond acceptors (Lipinski definition) is 1. The Kier molecular flexibility index (Phi) is 6.14. The minimum absolute atomic E-state index is 0.0353. The van der Waals surface area contributed by atoms with Gasteiger partial charge in [-0.2, -0.15) is 0 Å². The average Bonchev–Trinajstić information content (AvgIpc) is 3.06. The molecule has 6 heteroatoms. The summed E-state index contributed by atoms with van der Waals surface area (Å²) in [6, 6.07) is 7.97. The Hall–Kier alpha value is -2.37. The van der Waals surface area contributed by atoms with Crippen molar-refractivity contribution in [1.29, 1.82) is 0 Å². The quantitative estimate of drug-likeness (QED) is 0.635. The van der Waals surface area contributed by atoms with Crippen molar-refractivity contribution in [2.75, 3.05) is 20.1 Å². The lowest BCUT2D eigenvalue weighted by molar-refractivity contribution is 0.505. The van der Waals surface area contributed by atoms with Crippen molar-refractivity contribution < 1.29 is 8.78 Å². The molecule has 23 heavy (non-hydrogen) atoms. The van der Waals surface area contributed by atoms with Crippen LogP contribution >= 0.6 is 0 Å². The van der Waals surface area contributed by atoms with E-state index < -0.39 is 11.6 Å². The molecule has 0 amide bonds. The molecular formula is C17H22F2N4. The van der Waals surface area contributed by atoms with Crippen LogP contribution in [0.1, 0.15) is 18.4 Å². The van der Waals surface area contributed by atoms with E-state index in [4.69, 9.17) is 0 Å². The van der Waals surface area contributed by atoms with E-state index in [9.17, 15) is 8.78 Å². The Bertz CT molecular complexity index is 638. The van der Waals surface area contributed by atoms with Gasteiger partial charge in [0.05, 0.1) is 0 Å². The van der Waals surface area contributed by atoms with Gasteiger partial charge < -0.3 is 15.2 Å². The summed E-state index contributed by atoms with van der Waals surface area (Å²) >= 11 is 0. The smallest absolute Gasteiger partial charge is 0.191 e. The number of aromatic nitrogens is 1. The second-order valence-corrected chi connectivity index (χ2v) is 5.38. The third-order valence-electron chi connectivity index (χ3n) is 3.64. The van der Waals surface area contributed by atoms with Crippen LogP contribution in [0.15, 0.2) is 47.7 Å². The average molecular weight is 320 g/mol. The van der Waals surface area contributed by atoms with Gasteiger partial charge in [0.15, 0.2) is 17.6 Å². The van der Waals surface area contributed by atoms with Gasteiger partial charge in [-0.1, -0.05) is 13.0 Å². The molecule has 2 rings (SSSR count). The zero-order valence-corrected chi connectivity index (χ0v) is 13.4. The first-order chi connectivity index (χ1) is 11.1. The summed E-state index contributed by atoms with van der Waals surface area (Å²) in [5.74, 6) is -0.917. The van der Waals surface area contributed by atoms with Gasteiger partial charge in [0, 0.05) is 39.1 Å². The number of hydrogen-bond donors (Lipinski definition) is 2. The van der Waals surface area contributed by atoms with E-state index in [0.717, 1.165) is 24.7 Å². The highest BCUT2D eigenvalue weighted by atomic mass is 19.2. The number of guanidine groups is 1. The lowest BCUT2D eigenvalue weighted by Crippen LogP contribution is -2.40. The van der Waals surface area contributed by atoms with Gasteiger partial charge in [0.1, 0.15) is 0 Å². The normalized spacial score (nSPS) is 13.0. The van der Waals surface area contributed by atoms with Crippen molar-refractivity contribution in [2.24, 2.45) is 4.99 Å². The van der Waals surface area contributed by atoms with Crippen LogP contribution < -0.4 is 10.6 Å². The largest absolute Gasteiger partial charge is 0.356 e. The number of nitrogens with one attached hydrogen (secondary N) is 2. The van der Waals surface area contributed by atoms with E-state index in [2.05, 4.69) is 20.2 Å². The molecule has 4 nitrogen and oxygen atoms in total. The standard InChI is InChI=1S/C17H22F2N4/c1-13(14-5-6-15(18)16(19)11-14)12-22-17(20-2)21-7-10-23-8-3-4-9-23/h3-6,8-9,11,13H,7,10,12H2,1-2H3,(H2,20,21,22). The van der Waals surface area contributed by atoms with E-state index in [1.165, 1.54) is 6.07 Å². The fraction of sp³-hybridized carbons (Fsp3) is 0.353. The minimum atomic E-state index is -0.823. The first-order valence-corrected chi connectivity index (χ1v) is 7.60. The van der Waals surface area contributed by atoms with Crippen molar-refractivity contribution in [2.45, 2.75) is 19.4 Å². The summed E-state index contributed by atoms with van der Waals surface area (Å²) in [5, 5.41) is 6.41. The molecule has 0 aliphatic heterocycles. The highest BCUT2D eigenvalue weighted by Crippen LogP contribution is 2.17. The van der Waals surface area contributed by atoms with Crippen LogP contribution in [0.3, 0.4) is 0 Å². The molecule has 1 aromatic carbocycles. The number of halogens is 2. The van der Waals surface area contributed by atoms with E-state index in [1.807, 2.05) is 31.5 Å². The van der Waals surface area contributed by atoms with Crippen molar-refractivity contribution in [3.05, 3.63) is 59.9 Å². The van der Waals surface area contributed by atoms with E-state index in [-0.39, 0.29) is 5.92 Å². The predicted octanol–water partition coefficient (Wildman–Crippen LogP) is 2.74. The summed E-state index contributed by atoms with van der Waals surface area (Å²) < 4.78 is 28.3. The molecule has 0 radical (unpaired) electrons. The van der Waals surface area contributed by atoms with Gasteiger partial charge in [-0.15, -0.1) is 0 Å². The van der Waals surface area contributed by atoms with Crippen molar-refractivity contribution in [3.8, 4) is 0 Å². The van der Waals surface area contributed by atoms with Crippen molar-refractivity contribution >= 4 is 5.96 Å². The van der Waals surface area contributed by atoms with Crippen LogP contribution in [0.5, 0.6) is 0 Å². The van der Waals surface area contributed by atoms with E-state index >= 15 is 0 Å². The third-order valence-corrected chi connectivity index (χ3v) is 3.64. The Labute approximate surface area is 135 Å². The number of benzene rings is 1. The molecule has 0 aliphatic rings. The van der Waals surface area contributed by atoms with Crippen molar-refractivity contribution in [1.82, 2.24) is 15.2 Å². The zero-order chi connectivity index (χ0) is 16.7. The summed E-state index contributed by atoms with van der Waals surface area (Å²) in [6.45, 7) is 4.11. The Balaban J connectivity index is 1.79. The lowest BCUT2D eigenvalue weighted by Gasteiger charge is -2.16. The molecule has 2 aromatic rings. The van der Waals surface area contributed by atoms with Crippen LogP contribution in [0, 0.1) is 11.6 Å². The first-order valence-electron chi connectivity index (χ1n) is 7.60. The van der Waals surface area contributed by atoms with Crippen LogP contribution in [0.2, 0.25) is 0 Å². The maximum atomic E-state index is 13.3. The molecule has 1 unspecified atom stereocenters. The molecule has 2 N–H and O–H groups in total. The maximum absolute atomic E-state index is 13.3. The van der Waals surface area contributed by atoms with Crippen LogP contribution in [0.4, 0.5) is 8.78 Å². The number of rotatable bonds is 6. The maximum Gasteiger partial charge on any atom is 0.191 e.